The number of allylic oxidation sites excluding steroid dienone is 1. The van der Waals surface area contributed by atoms with Crippen LogP contribution in [0.4, 0.5) is 0 Å². The van der Waals surface area contributed by atoms with Gasteiger partial charge in [-0.2, -0.15) is 0 Å². The number of fused-ring (bicyclic) bond motifs is 1. The topological polar surface area (TPSA) is 65.4 Å². The van der Waals surface area contributed by atoms with Gasteiger partial charge in [0.05, 0.1) is 25.3 Å². The molecule has 1 aromatic heterocycles. The number of aryl methyl sites for hydroxylation is 1. The lowest BCUT2D eigenvalue weighted by atomic mass is 10.1. The molecular formula is C30H33N3O3. The van der Waals surface area contributed by atoms with E-state index in [-0.39, 0.29) is 5.91 Å². The van der Waals surface area contributed by atoms with Crippen LogP contribution in [0.1, 0.15) is 41.0 Å². The fourth-order valence-electron chi connectivity index (χ4n) is 4.24. The Morgan fingerprint density at radius 1 is 0.917 bits per heavy atom. The summed E-state index contributed by atoms with van der Waals surface area (Å²) in [5, 5.41) is 3.00. The molecule has 4 rings (SSSR count). The van der Waals surface area contributed by atoms with Crippen molar-refractivity contribution in [2.24, 2.45) is 0 Å². The Bertz CT molecular complexity index is 1310. The minimum atomic E-state index is -0.108. The van der Waals surface area contributed by atoms with E-state index in [4.69, 9.17) is 14.5 Å². The number of amides is 1. The molecular weight excluding hydrogens is 450 g/mol. The number of ether oxygens (including phenoxy) is 2. The Kier molecular flexibility index (Phi) is 8.76. The summed E-state index contributed by atoms with van der Waals surface area (Å²) in [6.07, 6.45) is 8.17. The second-order valence-electron chi connectivity index (χ2n) is 8.58. The van der Waals surface area contributed by atoms with Crippen LogP contribution in [0.5, 0.6) is 11.5 Å². The van der Waals surface area contributed by atoms with Gasteiger partial charge in [-0.3, -0.25) is 4.79 Å². The van der Waals surface area contributed by atoms with Crippen LogP contribution in [0.3, 0.4) is 0 Å². The number of imidazole rings is 1. The number of carbonyl (C=O) groups excluding carboxylic acids is 1. The molecule has 0 aliphatic rings. The largest absolute Gasteiger partial charge is 0.493 e. The molecule has 0 unspecified atom stereocenters. The van der Waals surface area contributed by atoms with Gasteiger partial charge in [-0.1, -0.05) is 61.0 Å². The summed E-state index contributed by atoms with van der Waals surface area (Å²) >= 11 is 0. The summed E-state index contributed by atoms with van der Waals surface area (Å²) in [7, 11) is 3.14. The van der Waals surface area contributed by atoms with Crippen molar-refractivity contribution in [1.29, 1.82) is 0 Å². The normalized spacial score (nSPS) is 11.2. The van der Waals surface area contributed by atoms with Crippen LogP contribution in [-0.2, 0) is 13.0 Å². The highest BCUT2D eigenvalue weighted by molar-refractivity contribution is 5.94. The van der Waals surface area contributed by atoms with Gasteiger partial charge in [-0.15, -0.1) is 0 Å². The molecule has 186 valence electrons. The summed E-state index contributed by atoms with van der Waals surface area (Å²) in [6.45, 7) is 1.41. The zero-order valence-electron chi connectivity index (χ0n) is 20.9. The van der Waals surface area contributed by atoms with E-state index in [0.717, 1.165) is 49.1 Å². The summed E-state index contributed by atoms with van der Waals surface area (Å²) in [6, 6.07) is 23.8. The van der Waals surface area contributed by atoms with Gasteiger partial charge in [-0.05, 0) is 48.7 Å². The maximum absolute atomic E-state index is 12.5. The van der Waals surface area contributed by atoms with Crippen molar-refractivity contribution < 1.29 is 14.3 Å². The Hall–Kier alpha value is -4.06. The third-order valence-corrected chi connectivity index (χ3v) is 6.14. The van der Waals surface area contributed by atoms with Crippen LogP contribution in [0.25, 0.3) is 17.1 Å². The highest BCUT2D eigenvalue weighted by Gasteiger charge is 2.11. The Morgan fingerprint density at radius 2 is 1.69 bits per heavy atom. The molecule has 1 N–H and O–H groups in total. The summed E-state index contributed by atoms with van der Waals surface area (Å²) < 4.78 is 12.8. The minimum Gasteiger partial charge on any atom is -0.493 e. The lowest BCUT2D eigenvalue weighted by Crippen LogP contribution is -2.24. The third-order valence-electron chi connectivity index (χ3n) is 6.14. The summed E-state index contributed by atoms with van der Waals surface area (Å²) in [4.78, 5) is 17.4. The molecule has 0 saturated carbocycles. The first-order chi connectivity index (χ1) is 17.7. The van der Waals surface area contributed by atoms with Gasteiger partial charge in [0.15, 0.2) is 11.5 Å². The molecule has 0 radical (unpaired) electrons. The van der Waals surface area contributed by atoms with Gasteiger partial charge >= 0.3 is 0 Å². The van der Waals surface area contributed by atoms with Gasteiger partial charge < -0.3 is 19.4 Å². The Morgan fingerprint density at radius 3 is 2.50 bits per heavy atom. The van der Waals surface area contributed by atoms with Crippen molar-refractivity contribution in [3.8, 4) is 11.5 Å². The lowest BCUT2D eigenvalue weighted by molar-refractivity contribution is 0.0952. The average Bonchev–Trinajstić information content (AvgIpc) is 3.27. The molecule has 0 fully saturated rings. The lowest BCUT2D eigenvalue weighted by Gasteiger charge is -2.10. The van der Waals surface area contributed by atoms with Crippen molar-refractivity contribution >= 4 is 23.0 Å². The van der Waals surface area contributed by atoms with Crippen molar-refractivity contribution in [2.45, 2.75) is 32.2 Å². The first-order valence-corrected chi connectivity index (χ1v) is 12.4. The molecule has 6 nitrogen and oxygen atoms in total. The maximum Gasteiger partial charge on any atom is 0.251 e. The predicted molar refractivity (Wildman–Crippen MR) is 145 cm³/mol. The second kappa shape index (κ2) is 12.6. The van der Waals surface area contributed by atoms with Gasteiger partial charge in [0.25, 0.3) is 5.91 Å². The quantitative estimate of drug-likeness (QED) is 0.255. The number of nitrogens with zero attached hydrogens (tertiary/aromatic N) is 2. The molecule has 0 aliphatic carbocycles. The van der Waals surface area contributed by atoms with Crippen LogP contribution in [0.15, 0.2) is 78.9 Å². The van der Waals surface area contributed by atoms with E-state index in [0.29, 0.717) is 23.6 Å². The first-order valence-electron chi connectivity index (χ1n) is 12.4. The first kappa shape index (κ1) is 25.0. The van der Waals surface area contributed by atoms with E-state index >= 15 is 0 Å². The van der Waals surface area contributed by atoms with Crippen LogP contribution >= 0.6 is 0 Å². The van der Waals surface area contributed by atoms with Crippen molar-refractivity contribution in [3.63, 3.8) is 0 Å². The van der Waals surface area contributed by atoms with Gasteiger partial charge in [0.1, 0.15) is 5.82 Å². The smallest absolute Gasteiger partial charge is 0.251 e. The molecule has 0 atom stereocenters. The number of para-hydroxylation sites is 2. The number of nitrogens with one attached hydrogen (secondary N) is 1. The van der Waals surface area contributed by atoms with E-state index in [1.54, 1.807) is 32.4 Å². The van der Waals surface area contributed by atoms with E-state index in [9.17, 15) is 4.79 Å². The average molecular weight is 484 g/mol. The molecule has 6 heteroatoms. The fraction of sp³-hybridized carbons (Fsp3) is 0.267. The van der Waals surface area contributed by atoms with Crippen LogP contribution in [0, 0.1) is 0 Å². The predicted octanol–water partition coefficient (Wildman–Crippen LogP) is 5.91. The third kappa shape index (κ3) is 6.33. The minimum absolute atomic E-state index is 0.108. The van der Waals surface area contributed by atoms with Gasteiger partial charge in [0, 0.05) is 25.1 Å². The number of rotatable bonds is 12. The molecule has 1 heterocycles. The van der Waals surface area contributed by atoms with Crippen LogP contribution in [0.2, 0.25) is 0 Å². The molecule has 0 saturated heterocycles. The molecule has 0 aliphatic heterocycles. The van der Waals surface area contributed by atoms with E-state index in [2.05, 4.69) is 52.4 Å². The SMILES string of the molecule is COc1ccc(C(=O)NCCCCCc2nc3ccccc3n2C/C=C/c2ccccc2)cc1OC. The second-order valence-corrected chi connectivity index (χ2v) is 8.58. The van der Waals surface area contributed by atoms with Crippen molar-refractivity contribution in [1.82, 2.24) is 14.9 Å². The van der Waals surface area contributed by atoms with Gasteiger partial charge in [0.2, 0.25) is 0 Å². The van der Waals surface area contributed by atoms with Gasteiger partial charge in [-0.25, -0.2) is 4.98 Å². The Balaban J connectivity index is 1.28. The number of hydrogen-bond acceptors (Lipinski definition) is 4. The molecule has 1 amide bonds. The number of benzene rings is 3. The van der Waals surface area contributed by atoms with Crippen molar-refractivity contribution in [3.05, 3.63) is 95.8 Å². The highest BCUT2D eigenvalue weighted by atomic mass is 16.5. The van der Waals surface area contributed by atoms with Crippen LogP contribution < -0.4 is 14.8 Å². The number of aromatic nitrogens is 2. The zero-order chi connectivity index (χ0) is 25.2. The number of unbranched alkanes of at least 4 members (excludes halogenated alkanes) is 2. The molecule has 3 aromatic carbocycles. The summed E-state index contributed by atoms with van der Waals surface area (Å²) in [5.41, 5.74) is 3.94. The summed E-state index contributed by atoms with van der Waals surface area (Å²) in [5.74, 6) is 2.15. The van der Waals surface area contributed by atoms with Crippen molar-refractivity contribution in [2.75, 3.05) is 20.8 Å². The maximum atomic E-state index is 12.5. The molecule has 4 aromatic rings. The molecule has 0 bridgehead atoms. The highest BCUT2D eigenvalue weighted by Crippen LogP contribution is 2.27. The zero-order valence-corrected chi connectivity index (χ0v) is 20.9. The van der Waals surface area contributed by atoms with Crippen LogP contribution in [-0.4, -0.2) is 36.2 Å². The number of carbonyl (C=O) groups is 1. The standard InChI is InChI=1S/C30H33N3O3/c1-35-27-19-18-24(22-28(27)36-2)30(34)31-20-10-4-7-17-29-32-25-15-8-9-16-26(25)33(29)21-11-14-23-12-5-3-6-13-23/h3,5-6,8-9,11-16,18-19,22H,4,7,10,17,20-21H2,1-2H3,(H,31,34)/b14-11+. The fourth-order valence-corrected chi connectivity index (χ4v) is 4.24. The van der Waals surface area contributed by atoms with E-state index in [1.165, 1.54) is 5.56 Å². The number of hydrogen-bond donors (Lipinski definition) is 1. The Labute approximate surface area is 212 Å². The number of methoxy groups -OCH3 is 2. The monoisotopic (exact) mass is 483 g/mol. The molecule has 36 heavy (non-hydrogen) atoms. The van der Waals surface area contributed by atoms with E-state index in [1.807, 2.05) is 24.3 Å². The van der Waals surface area contributed by atoms with E-state index < -0.39 is 0 Å². The molecule has 0 spiro atoms.